The molecule has 1 aromatic rings. The average molecular weight is 289 g/mol. The summed E-state index contributed by atoms with van der Waals surface area (Å²) in [4.78, 5) is 7.84. The van der Waals surface area contributed by atoms with Crippen LogP contribution in [0.1, 0.15) is 49.9 Å². The van der Waals surface area contributed by atoms with E-state index in [2.05, 4.69) is 24.8 Å². The molecular weight excluding hydrogens is 266 g/mol. The van der Waals surface area contributed by atoms with E-state index in [1.54, 1.807) is 0 Å². The van der Waals surface area contributed by atoms with Crippen LogP contribution in [0.5, 0.6) is 0 Å². The fourth-order valence-corrected chi connectivity index (χ4v) is 3.60. The summed E-state index contributed by atoms with van der Waals surface area (Å²) in [5, 5.41) is 0. The molecule has 3 rings (SSSR count). The lowest BCUT2D eigenvalue weighted by molar-refractivity contribution is 0.388. The highest BCUT2D eigenvalue weighted by Crippen LogP contribution is 2.32. The van der Waals surface area contributed by atoms with Crippen molar-refractivity contribution in [2.45, 2.75) is 52.0 Å². The second-order valence-electron chi connectivity index (χ2n) is 6.37. The smallest absolute Gasteiger partial charge is 0.139 e. The summed E-state index contributed by atoms with van der Waals surface area (Å²) in [5.74, 6) is 1.73. The number of thiocarbonyl (C=S) groups is 1. The van der Waals surface area contributed by atoms with E-state index in [1.807, 2.05) is 0 Å². The highest BCUT2D eigenvalue weighted by molar-refractivity contribution is 7.80. The number of nitrogens with zero attached hydrogens (tertiary/aromatic N) is 2. The van der Waals surface area contributed by atoms with Gasteiger partial charge in [0.2, 0.25) is 0 Å². The van der Waals surface area contributed by atoms with Crippen LogP contribution in [0, 0.1) is 5.92 Å². The topological polar surface area (TPSA) is 42.2 Å². The Labute approximate surface area is 126 Å². The fourth-order valence-electron chi connectivity index (χ4n) is 3.45. The van der Waals surface area contributed by atoms with Gasteiger partial charge in [-0.25, -0.2) is 4.98 Å². The van der Waals surface area contributed by atoms with Gasteiger partial charge in [0, 0.05) is 18.3 Å². The van der Waals surface area contributed by atoms with E-state index in [1.165, 1.54) is 30.5 Å². The molecule has 2 aliphatic rings. The van der Waals surface area contributed by atoms with Crippen LogP contribution in [0.15, 0.2) is 6.07 Å². The molecule has 1 fully saturated rings. The largest absolute Gasteiger partial charge is 0.389 e. The highest BCUT2D eigenvalue weighted by Gasteiger charge is 2.28. The summed E-state index contributed by atoms with van der Waals surface area (Å²) in [6.07, 6.45) is 5.93. The van der Waals surface area contributed by atoms with Gasteiger partial charge in [-0.3, -0.25) is 0 Å². The van der Waals surface area contributed by atoms with Crippen molar-refractivity contribution in [2.75, 3.05) is 11.4 Å². The molecule has 1 aliphatic carbocycles. The predicted molar refractivity (Wildman–Crippen MR) is 87.4 cm³/mol. The Morgan fingerprint density at radius 1 is 1.35 bits per heavy atom. The van der Waals surface area contributed by atoms with Crippen molar-refractivity contribution in [1.29, 1.82) is 0 Å². The minimum absolute atomic E-state index is 0.479. The van der Waals surface area contributed by atoms with E-state index in [9.17, 15) is 0 Å². The summed E-state index contributed by atoms with van der Waals surface area (Å²) in [5.41, 5.74) is 9.53. The number of hydrogen-bond donors (Lipinski definition) is 1. The first-order valence-corrected chi connectivity index (χ1v) is 8.06. The first kappa shape index (κ1) is 13.8. The maximum atomic E-state index is 5.96. The zero-order valence-corrected chi connectivity index (χ0v) is 13.2. The van der Waals surface area contributed by atoms with Crippen molar-refractivity contribution < 1.29 is 0 Å². The number of anilines is 1. The SMILES string of the molecule is CC1CCC(C)N(c2nc3c(cc2C(N)=S)CCC3)C1. The second kappa shape index (κ2) is 5.32. The summed E-state index contributed by atoms with van der Waals surface area (Å²) < 4.78 is 0. The van der Waals surface area contributed by atoms with Gasteiger partial charge in [0.05, 0.1) is 5.56 Å². The van der Waals surface area contributed by atoms with Gasteiger partial charge in [-0.15, -0.1) is 0 Å². The molecule has 3 nitrogen and oxygen atoms in total. The summed E-state index contributed by atoms with van der Waals surface area (Å²) >= 11 is 5.27. The molecule has 2 N–H and O–H groups in total. The van der Waals surface area contributed by atoms with Crippen LogP contribution in [0.2, 0.25) is 0 Å². The number of fused-ring (bicyclic) bond motifs is 1. The highest BCUT2D eigenvalue weighted by atomic mass is 32.1. The predicted octanol–water partition coefficient (Wildman–Crippen LogP) is 2.83. The molecule has 1 aliphatic heterocycles. The van der Waals surface area contributed by atoms with E-state index >= 15 is 0 Å². The van der Waals surface area contributed by atoms with Crippen molar-refractivity contribution >= 4 is 23.0 Å². The minimum Gasteiger partial charge on any atom is -0.389 e. The van der Waals surface area contributed by atoms with E-state index in [4.69, 9.17) is 22.9 Å². The van der Waals surface area contributed by atoms with Crippen molar-refractivity contribution in [1.82, 2.24) is 4.98 Å². The molecule has 0 saturated carbocycles. The maximum absolute atomic E-state index is 5.96. The van der Waals surface area contributed by atoms with Gasteiger partial charge in [-0.1, -0.05) is 19.1 Å². The zero-order chi connectivity index (χ0) is 14.3. The molecule has 1 saturated heterocycles. The van der Waals surface area contributed by atoms with Gasteiger partial charge in [0.15, 0.2) is 0 Å². The average Bonchev–Trinajstić information content (AvgIpc) is 2.87. The van der Waals surface area contributed by atoms with Gasteiger partial charge in [0.1, 0.15) is 10.8 Å². The van der Waals surface area contributed by atoms with Crippen LogP contribution in [-0.4, -0.2) is 22.6 Å². The fraction of sp³-hybridized carbons (Fsp3) is 0.625. The normalized spacial score (nSPS) is 25.6. The monoisotopic (exact) mass is 289 g/mol. The molecule has 2 unspecified atom stereocenters. The van der Waals surface area contributed by atoms with Crippen LogP contribution in [0.4, 0.5) is 5.82 Å². The molecule has 20 heavy (non-hydrogen) atoms. The van der Waals surface area contributed by atoms with Crippen molar-refractivity contribution in [3.05, 3.63) is 22.9 Å². The number of aromatic nitrogens is 1. The van der Waals surface area contributed by atoms with Gasteiger partial charge in [-0.05, 0) is 56.6 Å². The molecule has 0 aromatic carbocycles. The lowest BCUT2D eigenvalue weighted by Crippen LogP contribution is -2.42. The van der Waals surface area contributed by atoms with E-state index in [0.717, 1.165) is 30.8 Å². The third-order valence-corrected chi connectivity index (χ3v) is 4.91. The summed E-state index contributed by atoms with van der Waals surface area (Å²) in [7, 11) is 0. The molecular formula is C16H23N3S. The Kier molecular flexibility index (Phi) is 3.67. The van der Waals surface area contributed by atoms with Crippen LogP contribution >= 0.6 is 12.2 Å². The summed E-state index contributed by atoms with van der Waals surface area (Å²) in [6.45, 7) is 5.65. The first-order valence-electron chi connectivity index (χ1n) is 7.65. The van der Waals surface area contributed by atoms with Crippen LogP contribution in [0.25, 0.3) is 0 Å². The van der Waals surface area contributed by atoms with E-state index < -0.39 is 0 Å². The second-order valence-corrected chi connectivity index (χ2v) is 6.81. The third kappa shape index (κ3) is 2.41. The quantitative estimate of drug-likeness (QED) is 0.850. The number of aryl methyl sites for hydroxylation is 2. The molecule has 1 aromatic heterocycles. The zero-order valence-electron chi connectivity index (χ0n) is 12.4. The van der Waals surface area contributed by atoms with Crippen LogP contribution in [-0.2, 0) is 12.8 Å². The van der Waals surface area contributed by atoms with Crippen molar-refractivity contribution in [2.24, 2.45) is 11.7 Å². The van der Waals surface area contributed by atoms with E-state index in [0.29, 0.717) is 16.9 Å². The molecule has 2 heterocycles. The van der Waals surface area contributed by atoms with E-state index in [-0.39, 0.29) is 0 Å². The Bertz CT molecular complexity index is 541. The van der Waals surface area contributed by atoms with Crippen molar-refractivity contribution in [3.63, 3.8) is 0 Å². The number of pyridine rings is 1. The number of piperidine rings is 1. The molecule has 0 bridgehead atoms. The van der Waals surface area contributed by atoms with Gasteiger partial charge in [-0.2, -0.15) is 0 Å². The number of rotatable bonds is 2. The van der Waals surface area contributed by atoms with Gasteiger partial charge in [0.25, 0.3) is 0 Å². The standard InChI is InChI=1S/C16H23N3S/c1-10-6-7-11(2)19(9-10)16-13(15(17)20)8-12-4-3-5-14(12)18-16/h8,10-11H,3-7,9H2,1-2H3,(H2,17,20). The first-order chi connectivity index (χ1) is 9.56. The van der Waals surface area contributed by atoms with Gasteiger partial charge >= 0.3 is 0 Å². The molecule has 0 spiro atoms. The Balaban J connectivity index is 2.04. The lowest BCUT2D eigenvalue weighted by atomic mass is 9.94. The maximum Gasteiger partial charge on any atom is 0.139 e. The number of hydrogen-bond acceptors (Lipinski definition) is 3. The third-order valence-electron chi connectivity index (χ3n) is 4.69. The Morgan fingerprint density at radius 2 is 2.15 bits per heavy atom. The Morgan fingerprint density at radius 3 is 2.90 bits per heavy atom. The van der Waals surface area contributed by atoms with Crippen LogP contribution < -0.4 is 10.6 Å². The molecule has 108 valence electrons. The molecule has 2 atom stereocenters. The molecule has 0 amide bonds. The summed E-state index contributed by atoms with van der Waals surface area (Å²) in [6, 6.07) is 2.71. The minimum atomic E-state index is 0.479. The number of nitrogens with two attached hydrogens (primary N) is 1. The Hall–Kier alpha value is -1.16. The van der Waals surface area contributed by atoms with Crippen LogP contribution in [0.3, 0.4) is 0 Å². The molecule has 4 heteroatoms. The molecule has 0 radical (unpaired) electrons. The van der Waals surface area contributed by atoms with Crippen molar-refractivity contribution in [3.8, 4) is 0 Å². The lowest BCUT2D eigenvalue weighted by Gasteiger charge is -2.38. The van der Waals surface area contributed by atoms with Gasteiger partial charge < -0.3 is 10.6 Å².